The monoisotopic (exact) mass is 386 g/mol. The molecule has 3 saturated carbocycles. The number of carbonyl (C=O) groups excluding carboxylic acids is 1. The van der Waals surface area contributed by atoms with Crippen molar-refractivity contribution in [2.45, 2.75) is 32.1 Å². The van der Waals surface area contributed by atoms with Crippen LogP contribution >= 0.6 is 0 Å². The zero-order valence-electron chi connectivity index (χ0n) is 14.5. The lowest BCUT2D eigenvalue weighted by atomic mass is 10.2. The number of pyridine rings is 1. The normalized spacial score (nSPS) is 20.4. The minimum absolute atomic E-state index is 0.0963. The third kappa shape index (κ3) is 2.68. The van der Waals surface area contributed by atoms with Crippen LogP contribution in [0, 0.1) is 16.7 Å². The average molecular weight is 386 g/mol. The number of nitrogens with zero attached hydrogens (tertiary/aromatic N) is 4. The Labute approximate surface area is 157 Å². The summed E-state index contributed by atoms with van der Waals surface area (Å²) in [5.74, 6) is 1.05. The Balaban J connectivity index is 1.19. The van der Waals surface area contributed by atoms with Gasteiger partial charge in [-0.25, -0.2) is 9.67 Å². The predicted molar refractivity (Wildman–Crippen MR) is 94.0 cm³/mol. The molecule has 3 aliphatic carbocycles. The van der Waals surface area contributed by atoms with E-state index >= 15 is 0 Å². The summed E-state index contributed by atoms with van der Waals surface area (Å²) in [6.45, 7) is 0.680. The van der Waals surface area contributed by atoms with Crippen molar-refractivity contribution in [3.05, 3.63) is 36.2 Å². The molecule has 0 N–H and O–H groups in total. The van der Waals surface area contributed by atoms with Crippen LogP contribution in [0.1, 0.15) is 42.5 Å². The lowest BCUT2D eigenvalue weighted by Crippen LogP contribution is -2.03. The number of carbonyl (C=O) groups is 1. The average Bonchev–Trinajstić information content (AvgIpc) is 3.60. The van der Waals surface area contributed by atoms with Crippen molar-refractivity contribution < 1.29 is 17.9 Å². The molecule has 9 heteroatoms. The van der Waals surface area contributed by atoms with Gasteiger partial charge in [0, 0.05) is 18.5 Å². The van der Waals surface area contributed by atoms with E-state index < -0.39 is 16.4 Å². The van der Waals surface area contributed by atoms with Crippen molar-refractivity contribution in [1.82, 2.24) is 14.8 Å². The molecule has 8 nitrogen and oxygen atoms in total. The Bertz CT molecular complexity index is 1020. The van der Waals surface area contributed by atoms with E-state index in [4.69, 9.17) is 4.74 Å². The van der Waals surface area contributed by atoms with Gasteiger partial charge in [-0.1, -0.05) is 4.36 Å². The van der Waals surface area contributed by atoms with Crippen molar-refractivity contribution in [3.8, 4) is 11.7 Å². The lowest BCUT2D eigenvalue weighted by Gasteiger charge is -2.03. The fourth-order valence-electron chi connectivity index (χ4n) is 4.92. The second-order valence-electron chi connectivity index (χ2n) is 7.62. The Hall–Kier alpha value is -2.55. The fourth-order valence-corrected chi connectivity index (χ4v) is 5.16. The first-order valence-electron chi connectivity index (χ1n) is 9.04. The van der Waals surface area contributed by atoms with Crippen LogP contribution in [0.4, 0.5) is 0 Å². The van der Waals surface area contributed by atoms with Crippen LogP contribution in [-0.2, 0) is 10.5 Å². The van der Waals surface area contributed by atoms with Crippen LogP contribution in [0.5, 0.6) is 5.88 Å². The van der Waals surface area contributed by atoms with Gasteiger partial charge in [-0.05, 0) is 61.0 Å². The van der Waals surface area contributed by atoms with Gasteiger partial charge in [-0.15, -0.1) is 5.10 Å². The van der Waals surface area contributed by atoms with Gasteiger partial charge in [0.05, 0.1) is 12.2 Å². The molecule has 2 spiro atoms. The van der Waals surface area contributed by atoms with Crippen LogP contribution < -0.4 is 4.74 Å². The van der Waals surface area contributed by atoms with E-state index in [0.717, 1.165) is 12.3 Å². The molecule has 140 valence electrons. The van der Waals surface area contributed by atoms with Gasteiger partial charge in [-0.2, -0.15) is 8.42 Å². The number of aromatic nitrogens is 3. The highest BCUT2D eigenvalue weighted by atomic mass is 32.2. The molecular weight excluding hydrogens is 368 g/mol. The molecule has 0 bridgehead atoms. The van der Waals surface area contributed by atoms with Crippen LogP contribution in [0.3, 0.4) is 0 Å². The molecule has 3 fully saturated rings. The Morgan fingerprint density at radius 2 is 1.96 bits per heavy atom. The fraction of sp³-hybridized carbons (Fsp3) is 0.500. The summed E-state index contributed by atoms with van der Waals surface area (Å²) < 4.78 is 31.2. The topological polar surface area (TPSA) is 104 Å². The zero-order chi connectivity index (χ0) is 18.6. The number of rotatable bonds is 6. The first-order chi connectivity index (χ1) is 13.0. The van der Waals surface area contributed by atoms with E-state index in [2.05, 4.69) is 14.4 Å². The summed E-state index contributed by atoms with van der Waals surface area (Å²) in [6, 6.07) is 4.81. The Morgan fingerprint density at radius 3 is 2.56 bits per heavy atom. The Kier molecular flexibility index (Phi) is 3.52. The summed E-state index contributed by atoms with van der Waals surface area (Å²) in [5.41, 5.74) is 1.49. The van der Waals surface area contributed by atoms with Crippen LogP contribution in [-0.4, -0.2) is 35.7 Å². The maximum atomic E-state index is 11.5. The standard InChI is InChI=1S/C18H18N4O4S/c23-16(21-27(24)25)12-1-2-14(19-11-12)22-9-3-15(20-22)26-10-4-13-17(5-6-17)18(13)7-8-18/h1-3,9,11,13H,4-8,10H2. The summed E-state index contributed by atoms with van der Waals surface area (Å²) in [7, 11) is -2.78. The van der Waals surface area contributed by atoms with Crippen LogP contribution in [0.2, 0.25) is 0 Å². The molecule has 0 radical (unpaired) electrons. The van der Waals surface area contributed by atoms with Crippen molar-refractivity contribution in [2.24, 2.45) is 21.1 Å². The molecular formula is C18H18N4O4S. The van der Waals surface area contributed by atoms with E-state index in [9.17, 15) is 13.2 Å². The molecule has 0 aromatic carbocycles. The van der Waals surface area contributed by atoms with E-state index in [1.54, 1.807) is 23.0 Å². The molecule has 3 aliphatic rings. The second-order valence-corrected chi connectivity index (χ2v) is 8.24. The number of fused-ring (bicyclic) bond motifs is 1. The van der Waals surface area contributed by atoms with Gasteiger partial charge in [0.1, 0.15) is 0 Å². The quantitative estimate of drug-likeness (QED) is 0.755. The first-order valence-corrected chi connectivity index (χ1v) is 10.1. The molecule has 0 saturated heterocycles. The minimum atomic E-state index is -2.78. The van der Waals surface area contributed by atoms with E-state index in [-0.39, 0.29) is 5.56 Å². The highest BCUT2D eigenvalue weighted by Crippen LogP contribution is 2.93. The molecule has 27 heavy (non-hydrogen) atoms. The SMILES string of the molecule is O=C(N=S(=O)=O)c1ccc(-n2ccc(OCCC3C4(CC4)C34CC4)n2)nc1. The van der Waals surface area contributed by atoms with E-state index in [1.807, 2.05) is 0 Å². The van der Waals surface area contributed by atoms with Crippen LogP contribution in [0.15, 0.2) is 35.0 Å². The van der Waals surface area contributed by atoms with Crippen molar-refractivity contribution >= 4 is 16.4 Å². The third-order valence-corrected chi connectivity index (χ3v) is 6.74. The summed E-state index contributed by atoms with van der Waals surface area (Å²) >= 11 is 0. The lowest BCUT2D eigenvalue weighted by molar-refractivity contribution is 0.100. The molecule has 2 aromatic rings. The predicted octanol–water partition coefficient (Wildman–Crippen LogP) is 2.43. The zero-order valence-corrected chi connectivity index (χ0v) is 15.4. The number of ether oxygens (including phenoxy) is 1. The molecule has 1 amide bonds. The maximum Gasteiger partial charge on any atom is 0.319 e. The van der Waals surface area contributed by atoms with E-state index in [0.29, 0.717) is 29.1 Å². The van der Waals surface area contributed by atoms with Gasteiger partial charge in [0.2, 0.25) is 5.88 Å². The van der Waals surface area contributed by atoms with Crippen molar-refractivity contribution in [2.75, 3.05) is 6.61 Å². The smallest absolute Gasteiger partial charge is 0.319 e. The minimum Gasteiger partial charge on any atom is -0.477 e. The third-order valence-electron chi connectivity index (χ3n) is 6.43. The van der Waals surface area contributed by atoms with Gasteiger partial charge >= 0.3 is 10.5 Å². The molecule has 0 aliphatic heterocycles. The number of hydrogen-bond acceptors (Lipinski definition) is 6. The Morgan fingerprint density at radius 1 is 1.22 bits per heavy atom. The second kappa shape index (κ2) is 5.72. The molecule has 5 rings (SSSR count). The highest BCUT2D eigenvalue weighted by Gasteiger charge is 2.85. The number of hydrogen-bond donors (Lipinski definition) is 0. The van der Waals surface area contributed by atoms with Gasteiger partial charge in [-0.3, -0.25) is 4.79 Å². The van der Waals surface area contributed by atoms with Gasteiger partial charge in [0.15, 0.2) is 5.82 Å². The maximum absolute atomic E-state index is 11.5. The largest absolute Gasteiger partial charge is 0.477 e. The summed E-state index contributed by atoms with van der Waals surface area (Å²) in [4.78, 5) is 15.7. The molecule has 2 aromatic heterocycles. The van der Waals surface area contributed by atoms with Crippen LogP contribution in [0.25, 0.3) is 5.82 Å². The molecule has 0 atom stereocenters. The highest BCUT2D eigenvalue weighted by molar-refractivity contribution is 7.62. The number of amides is 1. The molecule has 2 heterocycles. The van der Waals surface area contributed by atoms with Gasteiger partial charge < -0.3 is 4.74 Å². The van der Waals surface area contributed by atoms with E-state index in [1.165, 1.54) is 37.9 Å². The van der Waals surface area contributed by atoms with Crippen molar-refractivity contribution in [3.63, 3.8) is 0 Å². The summed E-state index contributed by atoms with van der Waals surface area (Å²) in [6.07, 6.45) is 9.75. The van der Waals surface area contributed by atoms with Crippen molar-refractivity contribution in [1.29, 1.82) is 0 Å². The summed E-state index contributed by atoms with van der Waals surface area (Å²) in [5, 5.41) is 4.35. The van der Waals surface area contributed by atoms with Gasteiger partial charge in [0.25, 0.3) is 5.91 Å². The molecule has 0 unspecified atom stereocenters. The first kappa shape index (κ1) is 16.6.